The first-order valence-corrected chi connectivity index (χ1v) is 26.1. The average Bonchev–Trinajstić information content (AvgIpc) is 3.56. The molecule has 6 rings (SSSR count). The summed E-state index contributed by atoms with van der Waals surface area (Å²) < 4.78 is 102. The van der Waals surface area contributed by atoms with Gasteiger partial charge in [-0.1, -0.05) is 0 Å². The second kappa shape index (κ2) is 28.4. The first kappa shape index (κ1) is 66.3. The Balaban J connectivity index is 1.24. The lowest BCUT2D eigenvalue weighted by atomic mass is 9.93. The van der Waals surface area contributed by atoms with Crippen molar-refractivity contribution in [2.75, 3.05) is 39.6 Å². The number of aliphatic hydroxyl groups is 16. The van der Waals surface area contributed by atoms with Crippen LogP contribution in [0.15, 0.2) is 0 Å². The van der Waals surface area contributed by atoms with Crippen LogP contribution in [0.25, 0.3) is 0 Å². The predicted molar refractivity (Wildman–Crippen MR) is 243 cm³/mol. The molecular weight excluding hydrogens is 1120 g/mol. The normalized spacial score (nSPS) is 46.5. The Morgan fingerprint density at radius 2 is 0.700 bits per heavy atom. The first-order valence-electron chi connectivity index (χ1n) is 24.7. The second-order valence-electron chi connectivity index (χ2n) is 19.5. The van der Waals surface area contributed by atoms with E-state index in [0.29, 0.717) is 0 Å². The molecule has 0 aliphatic carbocycles. The molecule has 6 aliphatic rings. The zero-order chi connectivity index (χ0) is 59.4. The molecule has 37 nitrogen and oxygen atoms in total. The van der Waals surface area contributed by atoms with Gasteiger partial charge < -0.3 is 154 Å². The van der Waals surface area contributed by atoms with Gasteiger partial charge in [-0.2, -0.15) is 0 Å². The SMILES string of the molecule is CC(=O)N[C@@H]1[C@@H](O)[C@H](O[C@@H]2O[C@H](CO)[C@H](O)[C@H](O[C@@H]3O[C@H](CO)[C@@H](O[C@@H]4O[C@H](CO)[C@H](O)[C@H](O[C@@H]5O[C@H](COS(=O)(=O)[O-])[C@@H](O[C@@H]6O[C@H](CO)[C@H](O)[C@H](O)[C@H]6O)[C@H](O)[C@H]5NC(C)=O)[C@H]4O)[C@H](O)[C@H]3NC(C)=O)[C@H]2O)[C@@H](CO)O[C@H]1O. The second-order valence-corrected chi connectivity index (χ2v) is 20.5. The Bertz CT molecular complexity index is 2130. The minimum absolute atomic E-state index is 0.731. The maximum atomic E-state index is 12.7. The molecule has 464 valence electrons. The van der Waals surface area contributed by atoms with Crippen molar-refractivity contribution >= 4 is 28.1 Å². The highest BCUT2D eigenvalue weighted by atomic mass is 32.3. The Labute approximate surface area is 453 Å². The highest BCUT2D eigenvalue weighted by Crippen LogP contribution is 2.37. The Morgan fingerprint density at radius 3 is 1.09 bits per heavy atom. The van der Waals surface area contributed by atoms with Crippen molar-refractivity contribution in [3.05, 3.63) is 0 Å². The molecule has 0 aromatic rings. The van der Waals surface area contributed by atoms with E-state index in [4.69, 9.17) is 52.1 Å². The summed E-state index contributed by atoms with van der Waals surface area (Å²) in [7, 11) is -5.58. The molecule has 19 N–H and O–H groups in total. The van der Waals surface area contributed by atoms with Gasteiger partial charge in [0.05, 0.1) is 39.6 Å². The van der Waals surface area contributed by atoms with Gasteiger partial charge in [0.15, 0.2) is 37.7 Å². The van der Waals surface area contributed by atoms with Gasteiger partial charge in [-0.25, -0.2) is 8.42 Å². The number of carbonyl (C=O) groups excluding carboxylic acids is 3. The fourth-order valence-electron chi connectivity index (χ4n) is 9.86. The van der Waals surface area contributed by atoms with E-state index < -0.39 is 252 Å². The van der Waals surface area contributed by atoms with Crippen LogP contribution in [0.1, 0.15) is 20.8 Å². The van der Waals surface area contributed by atoms with E-state index in [2.05, 4.69) is 20.1 Å². The fraction of sp³-hybridized carbons (Fsp3) is 0.929. The van der Waals surface area contributed by atoms with E-state index in [1.165, 1.54) is 0 Å². The van der Waals surface area contributed by atoms with Gasteiger partial charge in [-0.3, -0.25) is 18.6 Å². The molecule has 6 heterocycles. The monoisotopic (exact) mass is 1190 g/mol. The number of nitrogens with one attached hydrogen (secondary N) is 3. The maximum absolute atomic E-state index is 12.7. The minimum atomic E-state index is -5.58. The number of ether oxygens (including phenoxy) is 11. The number of rotatable bonds is 21. The molecule has 0 spiro atoms. The number of hydrogen-bond acceptors (Lipinski definition) is 34. The van der Waals surface area contributed by atoms with Crippen molar-refractivity contribution in [3.8, 4) is 0 Å². The number of carbonyl (C=O) groups is 3. The fourth-order valence-corrected chi connectivity index (χ4v) is 10.2. The zero-order valence-corrected chi connectivity index (χ0v) is 43.3. The summed E-state index contributed by atoms with van der Waals surface area (Å²) in [6.45, 7) is -3.52. The molecule has 0 saturated carbocycles. The third-order valence-corrected chi connectivity index (χ3v) is 14.3. The smallest absolute Gasteiger partial charge is 0.217 e. The summed E-state index contributed by atoms with van der Waals surface area (Å²) in [4.78, 5) is 37.1. The highest BCUT2D eigenvalue weighted by molar-refractivity contribution is 7.80. The summed E-state index contributed by atoms with van der Waals surface area (Å²) in [6.07, 6.45) is -53.9. The zero-order valence-electron chi connectivity index (χ0n) is 42.5. The van der Waals surface area contributed by atoms with Crippen LogP contribution in [0.3, 0.4) is 0 Å². The Hall–Kier alpha value is -2.80. The molecule has 0 aromatic heterocycles. The van der Waals surface area contributed by atoms with Crippen LogP contribution in [-0.2, 0) is 81.1 Å². The maximum Gasteiger partial charge on any atom is 0.217 e. The van der Waals surface area contributed by atoms with Crippen LogP contribution in [0.2, 0.25) is 0 Å². The lowest BCUT2D eigenvalue weighted by Crippen LogP contribution is -2.71. The van der Waals surface area contributed by atoms with Crippen molar-refractivity contribution < 1.29 is 165 Å². The first-order chi connectivity index (χ1) is 37.6. The molecule has 38 heteroatoms. The largest absolute Gasteiger partial charge is 0.726 e. The van der Waals surface area contributed by atoms with E-state index in [0.717, 1.165) is 20.8 Å². The van der Waals surface area contributed by atoms with Crippen molar-refractivity contribution in [1.82, 2.24) is 16.0 Å². The Kier molecular flexibility index (Phi) is 23.5. The van der Waals surface area contributed by atoms with Crippen LogP contribution in [0.5, 0.6) is 0 Å². The van der Waals surface area contributed by atoms with Gasteiger partial charge in [0.25, 0.3) is 0 Å². The van der Waals surface area contributed by atoms with E-state index in [1.807, 2.05) is 0 Å². The lowest BCUT2D eigenvalue weighted by Gasteiger charge is -2.51. The summed E-state index contributed by atoms with van der Waals surface area (Å²) in [5.74, 6) is -2.58. The van der Waals surface area contributed by atoms with Crippen LogP contribution in [0, 0.1) is 0 Å². The third kappa shape index (κ3) is 15.2. The molecule has 6 saturated heterocycles. The third-order valence-electron chi connectivity index (χ3n) is 13.8. The minimum Gasteiger partial charge on any atom is -0.726 e. The van der Waals surface area contributed by atoms with Crippen LogP contribution >= 0.6 is 0 Å². The van der Waals surface area contributed by atoms with Crippen LogP contribution < -0.4 is 16.0 Å². The van der Waals surface area contributed by atoms with Gasteiger partial charge in [-0.15, -0.1) is 0 Å². The standard InChI is InChI=1S/C42H71N3O34S/c1-10(51)43-19-25(57)32(16(7-49)69-37(19)64)75-41-30(62)35(23(55)14(5-47)71-41)78-38-20(44-11(2)52)26(58)33(17(8-50)73-38)76-42-31(63)36(24(56)15(6-48)72-42)79-39-21(45-12(3)53)27(59)34(18(74-39)9-68-80(65,66)67)77-40-29(61)28(60)22(54)13(4-46)70-40/h13-42,46-50,54-64H,4-9H2,1-3H3,(H,43,51)(H,44,52)(H,45,53)(H,65,66,67)/p-1/t13-,14-,15-,16-,17-,18-,19-,20-,21-,22+,23+,24+,25-,26-,27-,28+,29-,30-,31-,32-,33-,34-,35+,36+,37-,38+,39+,40+,41+,42+/m1/s1. The number of aliphatic hydroxyl groups excluding tert-OH is 16. The van der Waals surface area contributed by atoms with E-state index in [9.17, 15) is 109 Å². The lowest BCUT2D eigenvalue weighted by molar-refractivity contribution is -0.385. The van der Waals surface area contributed by atoms with Gasteiger partial charge in [-0.05, 0) is 0 Å². The summed E-state index contributed by atoms with van der Waals surface area (Å²) in [6, 6.07) is -5.35. The van der Waals surface area contributed by atoms with Crippen LogP contribution in [-0.4, -0.2) is 336 Å². The quantitative estimate of drug-likeness (QED) is 0.0375. The molecule has 6 aliphatic heterocycles. The summed E-state index contributed by atoms with van der Waals surface area (Å²) in [5, 5.41) is 180. The molecule has 6 fully saturated rings. The van der Waals surface area contributed by atoms with Crippen molar-refractivity contribution in [3.63, 3.8) is 0 Å². The van der Waals surface area contributed by atoms with Crippen molar-refractivity contribution in [1.29, 1.82) is 0 Å². The average molecular weight is 1190 g/mol. The highest BCUT2D eigenvalue weighted by Gasteiger charge is 2.58. The molecule has 0 radical (unpaired) electrons. The van der Waals surface area contributed by atoms with E-state index >= 15 is 0 Å². The van der Waals surface area contributed by atoms with Gasteiger partial charge in [0.2, 0.25) is 28.1 Å². The number of hydrogen-bond donors (Lipinski definition) is 19. The van der Waals surface area contributed by atoms with Gasteiger partial charge in [0, 0.05) is 20.8 Å². The molecular formula is C42H70N3O34S-. The molecule has 0 unspecified atom stereocenters. The van der Waals surface area contributed by atoms with Crippen molar-refractivity contribution in [2.45, 2.75) is 205 Å². The molecule has 0 aromatic carbocycles. The predicted octanol–water partition coefficient (Wildman–Crippen LogP) is -14.2. The van der Waals surface area contributed by atoms with Gasteiger partial charge >= 0.3 is 0 Å². The van der Waals surface area contributed by atoms with Crippen LogP contribution in [0.4, 0.5) is 0 Å². The summed E-state index contributed by atoms with van der Waals surface area (Å²) >= 11 is 0. The molecule has 3 amide bonds. The van der Waals surface area contributed by atoms with Crippen molar-refractivity contribution in [2.24, 2.45) is 0 Å². The Morgan fingerprint density at radius 1 is 0.388 bits per heavy atom. The molecule has 0 bridgehead atoms. The van der Waals surface area contributed by atoms with Gasteiger partial charge in [0.1, 0.15) is 146 Å². The van der Waals surface area contributed by atoms with E-state index in [1.54, 1.807) is 0 Å². The summed E-state index contributed by atoms with van der Waals surface area (Å²) in [5.41, 5.74) is 0. The number of amides is 3. The molecule has 80 heavy (non-hydrogen) atoms. The van der Waals surface area contributed by atoms with E-state index in [-0.39, 0.29) is 0 Å². The molecule has 30 atom stereocenters. The topological polar surface area (TPSA) is 579 Å².